The number of nitrogens with zero attached hydrogens (tertiary/aromatic N) is 2. The average molecular weight is 278 g/mol. The molecule has 0 aliphatic carbocycles. The number of aromatic nitrogens is 1. The van der Waals surface area contributed by atoms with Crippen molar-refractivity contribution in [3.63, 3.8) is 0 Å². The van der Waals surface area contributed by atoms with E-state index in [1.807, 2.05) is 18.5 Å². The minimum Gasteiger partial charge on any atom is -0.300 e. The summed E-state index contributed by atoms with van der Waals surface area (Å²) in [6.45, 7) is 3.48. The summed E-state index contributed by atoms with van der Waals surface area (Å²) in [7, 11) is 0. The molecular formula is C19H22N2. The van der Waals surface area contributed by atoms with E-state index in [1.54, 1.807) is 0 Å². The van der Waals surface area contributed by atoms with Crippen LogP contribution in [0.3, 0.4) is 0 Å². The Bertz CT molecular complexity index is 528. The number of pyridine rings is 1. The SMILES string of the molecule is C(CN1CCCCC1)=C(c1ccccc1)c1cccnc1. The van der Waals surface area contributed by atoms with Gasteiger partial charge in [-0.1, -0.05) is 48.9 Å². The molecule has 0 bridgehead atoms. The van der Waals surface area contributed by atoms with Gasteiger partial charge in [0.1, 0.15) is 0 Å². The van der Waals surface area contributed by atoms with E-state index in [-0.39, 0.29) is 0 Å². The third-order valence-electron chi connectivity index (χ3n) is 4.06. The van der Waals surface area contributed by atoms with Crippen LogP contribution in [-0.4, -0.2) is 29.5 Å². The Kier molecular flexibility index (Phi) is 4.80. The second-order valence-electron chi connectivity index (χ2n) is 5.59. The number of rotatable bonds is 4. The predicted octanol–water partition coefficient (Wildman–Crippen LogP) is 4.00. The molecule has 2 heteroatoms. The molecule has 1 aliphatic heterocycles. The summed E-state index contributed by atoms with van der Waals surface area (Å²) in [6, 6.07) is 14.8. The fourth-order valence-electron chi connectivity index (χ4n) is 2.90. The van der Waals surface area contributed by atoms with Gasteiger partial charge in [-0.3, -0.25) is 9.88 Å². The normalized spacial score (nSPS) is 16.9. The van der Waals surface area contributed by atoms with Gasteiger partial charge in [-0.2, -0.15) is 0 Å². The quantitative estimate of drug-likeness (QED) is 0.840. The lowest BCUT2D eigenvalue weighted by atomic mass is 9.98. The summed E-state index contributed by atoms with van der Waals surface area (Å²) in [5.41, 5.74) is 3.75. The molecule has 2 nitrogen and oxygen atoms in total. The number of hydrogen-bond acceptors (Lipinski definition) is 2. The highest BCUT2D eigenvalue weighted by molar-refractivity contribution is 5.79. The molecule has 0 N–H and O–H groups in total. The minimum absolute atomic E-state index is 1.03. The zero-order valence-corrected chi connectivity index (χ0v) is 12.4. The van der Waals surface area contributed by atoms with Crippen molar-refractivity contribution in [2.75, 3.05) is 19.6 Å². The fourth-order valence-corrected chi connectivity index (χ4v) is 2.90. The van der Waals surface area contributed by atoms with Gasteiger partial charge in [0, 0.05) is 24.5 Å². The molecule has 0 saturated carbocycles. The second kappa shape index (κ2) is 7.19. The summed E-state index contributed by atoms with van der Waals surface area (Å²) >= 11 is 0. The van der Waals surface area contributed by atoms with Gasteiger partial charge in [-0.25, -0.2) is 0 Å². The van der Waals surface area contributed by atoms with Crippen molar-refractivity contribution in [3.05, 3.63) is 72.1 Å². The maximum atomic E-state index is 4.27. The molecule has 2 heterocycles. The standard InChI is InChI=1S/C19H22N2/c1-3-8-17(9-4-1)19(18-10-7-12-20-16-18)11-15-21-13-5-2-6-14-21/h1,3-4,7-12,16H,2,5-6,13-15H2. The number of hydrogen-bond donors (Lipinski definition) is 0. The zero-order valence-electron chi connectivity index (χ0n) is 12.4. The first-order valence-corrected chi connectivity index (χ1v) is 7.82. The van der Waals surface area contributed by atoms with Crippen LogP contribution in [0.2, 0.25) is 0 Å². The smallest absolute Gasteiger partial charge is 0.0346 e. The number of likely N-dealkylation sites (tertiary alicyclic amines) is 1. The molecule has 1 aliphatic rings. The molecule has 2 aromatic rings. The third-order valence-corrected chi connectivity index (χ3v) is 4.06. The van der Waals surface area contributed by atoms with Crippen molar-refractivity contribution in [1.29, 1.82) is 0 Å². The summed E-state index contributed by atoms with van der Waals surface area (Å²) in [6.07, 6.45) is 10.2. The molecule has 0 unspecified atom stereocenters. The Morgan fingerprint density at radius 2 is 1.71 bits per heavy atom. The average Bonchev–Trinajstić information content (AvgIpc) is 2.58. The van der Waals surface area contributed by atoms with Crippen LogP contribution in [0, 0.1) is 0 Å². The largest absolute Gasteiger partial charge is 0.300 e. The van der Waals surface area contributed by atoms with Crippen LogP contribution in [0.5, 0.6) is 0 Å². The van der Waals surface area contributed by atoms with Crippen molar-refractivity contribution in [2.45, 2.75) is 19.3 Å². The first-order chi connectivity index (χ1) is 10.4. The summed E-state index contributed by atoms with van der Waals surface area (Å²) < 4.78 is 0. The highest BCUT2D eigenvalue weighted by atomic mass is 15.1. The molecule has 3 rings (SSSR count). The van der Waals surface area contributed by atoms with Gasteiger partial charge in [0.15, 0.2) is 0 Å². The van der Waals surface area contributed by atoms with Crippen LogP contribution in [0.15, 0.2) is 60.9 Å². The van der Waals surface area contributed by atoms with Gasteiger partial charge in [0.05, 0.1) is 0 Å². The molecule has 0 amide bonds. The molecular weight excluding hydrogens is 256 g/mol. The van der Waals surface area contributed by atoms with Crippen LogP contribution in [0.1, 0.15) is 30.4 Å². The van der Waals surface area contributed by atoms with E-state index < -0.39 is 0 Å². The number of benzene rings is 1. The lowest BCUT2D eigenvalue weighted by molar-refractivity contribution is 0.252. The van der Waals surface area contributed by atoms with E-state index in [4.69, 9.17) is 0 Å². The lowest BCUT2D eigenvalue weighted by Crippen LogP contribution is -2.29. The van der Waals surface area contributed by atoms with Crippen molar-refractivity contribution in [3.8, 4) is 0 Å². The molecule has 1 fully saturated rings. The molecule has 1 aromatic heterocycles. The molecule has 1 saturated heterocycles. The maximum absolute atomic E-state index is 4.27. The molecule has 21 heavy (non-hydrogen) atoms. The highest BCUT2D eigenvalue weighted by Crippen LogP contribution is 2.22. The van der Waals surface area contributed by atoms with Gasteiger partial charge in [0.25, 0.3) is 0 Å². The Morgan fingerprint density at radius 3 is 2.43 bits per heavy atom. The van der Waals surface area contributed by atoms with E-state index in [0.29, 0.717) is 0 Å². The van der Waals surface area contributed by atoms with Crippen molar-refractivity contribution in [1.82, 2.24) is 9.88 Å². The highest BCUT2D eigenvalue weighted by Gasteiger charge is 2.10. The van der Waals surface area contributed by atoms with Crippen molar-refractivity contribution >= 4 is 5.57 Å². The maximum Gasteiger partial charge on any atom is 0.0346 e. The number of piperidine rings is 1. The third kappa shape index (κ3) is 3.79. The van der Waals surface area contributed by atoms with Crippen molar-refractivity contribution < 1.29 is 0 Å². The van der Waals surface area contributed by atoms with Crippen LogP contribution in [0.4, 0.5) is 0 Å². The van der Waals surface area contributed by atoms with E-state index in [2.05, 4.69) is 52.4 Å². The summed E-state index contributed by atoms with van der Waals surface area (Å²) in [5, 5.41) is 0. The van der Waals surface area contributed by atoms with Gasteiger partial charge >= 0.3 is 0 Å². The first kappa shape index (κ1) is 14.0. The van der Waals surface area contributed by atoms with E-state index in [1.165, 1.54) is 49.1 Å². The van der Waals surface area contributed by atoms with Crippen LogP contribution < -0.4 is 0 Å². The lowest BCUT2D eigenvalue weighted by Gasteiger charge is -2.25. The van der Waals surface area contributed by atoms with Gasteiger partial charge in [-0.05, 0) is 43.1 Å². The van der Waals surface area contributed by atoms with E-state index in [9.17, 15) is 0 Å². The second-order valence-corrected chi connectivity index (χ2v) is 5.59. The van der Waals surface area contributed by atoms with E-state index >= 15 is 0 Å². The Labute approximate surface area is 127 Å². The Hall–Kier alpha value is -1.93. The molecule has 0 atom stereocenters. The molecule has 0 spiro atoms. The topological polar surface area (TPSA) is 16.1 Å². The molecule has 0 radical (unpaired) electrons. The summed E-state index contributed by atoms with van der Waals surface area (Å²) in [5.74, 6) is 0. The van der Waals surface area contributed by atoms with Gasteiger partial charge < -0.3 is 0 Å². The first-order valence-electron chi connectivity index (χ1n) is 7.82. The minimum atomic E-state index is 1.03. The van der Waals surface area contributed by atoms with Crippen LogP contribution in [-0.2, 0) is 0 Å². The Morgan fingerprint density at radius 1 is 0.952 bits per heavy atom. The van der Waals surface area contributed by atoms with Gasteiger partial charge in [0.2, 0.25) is 0 Å². The van der Waals surface area contributed by atoms with Gasteiger partial charge in [-0.15, -0.1) is 0 Å². The van der Waals surface area contributed by atoms with Crippen molar-refractivity contribution in [2.24, 2.45) is 0 Å². The Balaban J connectivity index is 1.85. The fraction of sp³-hybridized carbons (Fsp3) is 0.316. The molecule has 1 aromatic carbocycles. The predicted molar refractivity (Wildman–Crippen MR) is 88.0 cm³/mol. The van der Waals surface area contributed by atoms with Crippen LogP contribution >= 0.6 is 0 Å². The van der Waals surface area contributed by atoms with Crippen LogP contribution in [0.25, 0.3) is 5.57 Å². The summed E-state index contributed by atoms with van der Waals surface area (Å²) in [4.78, 5) is 6.82. The molecule has 108 valence electrons. The van der Waals surface area contributed by atoms with E-state index in [0.717, 1.165) is 6.54 Å². The monoisotopic (exact) mass is 278 g/mol. The zero-order chi connectivity index (χ0) is 14.3.